The number of fused-ring (bicyclic) bond motifs is 4. The molecule has 2 bridgehead atoms. The maximum Gasteiger partial charge on any atom is 0.262 e. The molecule has 5 unspecified atom stereocenters. The summed E-state index contributed by atoms with van der Waals surface area (Å²) in [5.74, 6) is -0.137. The van der Waals surface area contributed by atoms with Gasteiger partial charge in [-0.2, -0.15) is 0 Å². The van der Waals surface area contributed by atoms with Gasteiger partial charge in [0.05, 0.1) is 22.6 Å². The highest BCUT2D eigenvalue weighted by Gasteiger charge is 2.66. The summed E-state index contributed by atoms with van der Waals surface area (Å²) in [6, 6.07) is 12.7. The molecule has 5 atom stereocenters. The molecule has 2 amide bonds. The highest BCUT2D eigenvalue weighted by Crippen LogP contribution is 2.55. The average Bonchev–Trinajstić information content (AvgIpc) is 3.19. The number of hydrogen-bond donors (Lipinski definition) is 2. The number of anilines is 1. The first-order valence-electron chi connectivity index (χ1n) is 10.7. The Morgan fingerprint density at radius 2 is 1.84 bits per heavy atom. The zero-order valence-electron chi connectivity index (χ0n) is 17.1. The van der Waals surface area contributed by atoms with Gasteiger partial charge >= 0.3 is 0 Å². The van der Waals surface area contributed by atoms with Gasteiger partial charge in [-0.3, -0.25) is 23.9 Å². The molecule has 5 aliphatic rings. The molecule has 5 aliphatic heterocycles. The lowest BCUT2D eigenvalue weighted by Gasteiger charge is -2.48. The average molecular weight is 429 g/mol. The first-order chi connectivity index (χ1) is 15.4. The number of aliphatic hydroxyl groups is 1. The molecular weight excluding hydrogens is 410 g/mol. The predicted octanol–water partition coefficient (Wildman–Crippen LogP) is 0.734. The molecule has 2 aromatic carbocycles. The van der Waals surface area contributed by atoms with Gasteiger partial charge < -0.3 is 10.4 Å². The summed E-state index contributed by atoms with van der Waals surface area (Å²) in [5.41, 5.74) is -0.0647. The molecule has 1 aromatic heterocycles. The van der Waals surface area contributed by atoms with Crippen LogP contribution in [-0.2, 0) is 15.2 Å². The lowest BCUT2D eigenvalue weighted by atomic mass is 9.83. The maximum absolute atomic E-state index is 13.5. The molecule has 9 nitrogen and oxygen atoms in total. The van der Waals surface area contributed by atoms with Crippen LogP contribution in [0, 0.1) is 0 Å². The van der Waals surface area contributed by atoms with Gasteiger partial charge in [0.25, 0.3) is 5.56 Å². The van der Waals surface area contributed by atoms with Crippen molar-refractivity contribution in [2.75, 3.05) is 4.90 Å². The first-order valence-corrected chi connectivity index (χ1v) is 10.7. The summed E-state index contributed by atoms with van der Waals surface area (Å²) < 4.78 is 1.42. The lowest BCUT2D eigenvalue weighted by Crippen LogP contribution is -2.63. The van der Waals surface area contributed by atoms with E-state index in [2.05, 4.69) is 5.32 Å². The van der Waals surface area contributed by atoms with Crippen molar-refractivity contribution in [3.63, 3.8) is 0 Å². The summed E-state index contributed by atoms with van der Waals surface area (Å²) in [6.45, 7) is 1.76. The van der Waals surface area contributed by atoms with E-state index in [4.69, 9.17) is 4.98 Å². The van der Waals surface area contributed by atoms with Crippen LogP contribution in [0.3, 0.4) is 0 Å². The third-order valence-corrected chi connectivity index (χ3v) is 7.40. The Balaban J connectivity index is 1.58. The number of amides is 2. The summed E-state index contributed by atoms with van der Waals surface area (Å²) in [5, 5.41) is 15.5. The van der Waals surface area contributed by atoms with Crippen molar-refractivity contribution in [3.05, 3.63) is 70.3 Å². The van der Waals surface area contributed by atoms with Crippen molar-refractivity contribution in [3.8, 4) is 0 Å². The van der Waals surface area contributed by atoms with Crippen LogP contribution in [0.1, 0.15) is 36.9 Å². The second kappa shape index (κ2) is 5.62. The van der Waals surface area contributed by atoms with Crippen molar-refractivity contribution in [1.82, 2.24) is 19.8 Å². The minimum atomic E-state index is -1.51. The largest absolute Gasteiger partial charge is 0.381 e. The first kappa shape index (κ1) is 18.1. The molecule has 6 heterocycles. The third kappa shape index (κ3) is 1.88. The van der Waals surface area contributed by atoms with Crippen LogP contribution >= 0.6 is 0 Å². The number of nitrogens with one attached hydrogen (secondary N) is 1. The SMILES string of the molecule is CC1C(=O)N2c3ccccc3C3(O)CC4C(=O)NC(c5nc6ccccc6c(=O)n54)N1C23. The topological polar surface area (TPSA) is 108 Å². The van der Waals surface area contributed by atoms with Gasteiger partial charge in [-0.05, 0) is 25.1 Å². The zero-order valence-corrected chi connectivity index (χ0v) is 17.1. The van der Waals surface area contributed by atoms with Gasteiger partial charge in [0.1, 0.15) is 24.0 Å². The molecule has 9 heteroatoms. The zero-order chi connectivity index (χ0) is 21.9. The minimum Gasteiger partial charge on any atom is -0.381 e. The Hall–Kier alpha value is -3.56. The Labute approximate surface area is 181 Å². The van der Waals surface area contributed by atoms with Gasteiger partial charge in [-0.25, -0.2) is 9.88 Å². The summed E-state index contributed by atoms with van der Waals surface area (Å²) in [6.07, 6.45) is -1.58. The quantitative estimate of drug-likeness (QED) is 0.546. The molecule has 32 heavy (non-hydrogen) atoms. The van der Waals surface area contributed by atoms with Crippen LogP contribution in [0.15, 0.2) is 53.3 Å². The van der Waals surface area contributed by atoms with E-state index in [0.717, 1.165) is 0 Å². The molecule has 0 aliphatic carbocycles. The van der Waals surface area contributed by atoms with Crippen molar-refractivity contribution >= 4 is 28.4 Å². The Bertz CT molecular complexity index is 1430. The molecule has 3 aromatic rings. The van der Waals surface area contributed by atoms with E-state index in [0.29, 0.717) is 28.0 Å². The van der Waals surface area contributed by atoms with Crippen molar-refractivity contribution in [1.29, 1.82) is 0 Å². The van der Waals surface area contributed by atoms with E-state index in [-0.39, 0.29) is 23.8 Å². The number of nitrogens with zero attached hydrogens (tertiary/aromatic N) is 4. The number of carbonyl (C=O) groups is 2. The lowest BCUT2D eigenvalue weighted by molar-refractivity contribution is -0.144. The summed E-state index contributed by atoms with van der Waals surface area (Å²) in [7, 11) is 0. The van der Waals surface area contributed by atoms with Gasteiger partial charge in [0.2, 0.25) is 11.8 Å². The fraction of sp³-hybridized carbons (Fsp3) is 0.304. The number of para-hydroxylation sites is 2. The predicted molar refractivity (Wildman–Crippen MR) is 113 cm³/mol. The molecule has 2 N–H and O–H groups in total. The molecule has 0 radical (unpaired) electrons. The normalized spacial score (nSPS) is 32.4. The van der Waals surface area contributed by atoms with Crippen LogP contribution in [0.25, 0.3) is 10.9 Å². The number of rotatable bonds is 0. The second-order valence-corrected chi connectivity index (χ2v) is 8.94. The van der Waals surface area contributed by atoms with Gasteiger partial charge in [-0.15, -0.1) is 0 Å². The second-order valence-electron chi connectivity index (χ2n) is 8.94. The van der Waals surface area contributed by atoms with Gasteiger partial charge in [0, 0.05) is 12.0 Å². The highest BCUT2D eigenvalue weighted by atomic mass is 16.3. The van der Waals surface area contributed by atoms with Crippen molar-refractivity contribution < 1.29 is 14.7 Å². The highest BCUT2D eigenvalue weighted by molar-refractivity contribution is 6.03. The number of hydrogen-bond acceptors (Lipinski definition) is 6. The fourth-order valence-electron chi connectivity index (χ4n) is 6.03. The summed E-state index contributed by atoms with van der Waals surface area (Å²) in [4.78, 5) is 48.3. The molecule has 2 saturated heterocycles. The Morgan fingerprint density at radius 1 is 1.09 bits per heavy atom. The van der Waals surface area contributed by atoms with Gasteiger partial charge in [-0.1, -0.05) is 30.3 Å². The molecule has 8 rings (SSSR count). The van der Waals surface area contributed by atoms with E-state index in [9.17, 15) is 19.5 Å². The minimum absolute atomic E-state index is 0.0485. The van der Waals surface area contributed by atoms with E-state index in [1.54, 1.807) is 41.0 Å². The van der Waals surface area contributed by atoms with E-state index in [1.807, 2.05) is 24.3 Å². The van der Waals surface area contributed by atoms with Crippen molar-refractivity contribution in [2.45, 2.75) is 43.4 Å². The molecule has 160 valence electrons. The van der Waals surface area contributed by atoms with Crippen molar-refractivity contribution in [2.24, 2.45) is 0 Å². The van der Waals surface area contributed by atoms with E-state index in [1.165, 1.54) is 4.57 Å². The van der Waals surface area contributed by atoms with Crippen LogP contribution in [0.2, 0.25) is 0 Å². The molecule has 0 saturated carbocycles. The Morgan fingerprint density at radius 3 is 2.69 bits per heavy atom. The van der Waals surface area contributed by atoms with Crippen LogP contribution < -0.4 is 15.8 Å². The third-order valence-electron chi connectivity index (χ3n) is 7.40. The molecule has 0 spiro atoms. The van der Waals surface area contributed by atoms with E-state index < -0.39 is 30.0 Å². The van der Waals surface area contributed by atoms with Crippen LogP contribution in [0.5, 0.6) is 0 Å². The van der Waals surface area contributed by atoms with Crippen LogP contribution in [-0.4, -0.2) is 43.6 Å². The smallest absolute Gasteiger partial charge is 0.262 e. The number of benzene rings is 2. The van der Waals surface area contributed by atoms with Gasteiger partial charge in [0.15, 0.2) is 5.82 Å². The Kier molecular flexibility index (Phi) is 3.17. The maximum atomic E-state index is 13.5. The van der Waals surface area contributed by atoms with Crippen LogP contribution in [0.4, 0.5) is 5.69 Å². The monoisotopic (exact) mass is 429 g/mol. The standard InChI is InChI=1S/C23H19N5O4/c1-11-20(30)28-15-9-5-3-7-13(15)23(32)10-16-19(29)25-18(26(11)22(23)28)17-24-14-8-4-2-6-12(14)21(31)27(16)17/h2-9,11,16,18,22,32H,10H2,1H3,(H,25,29). The number of carbonyl (C=O) groups excluding carboxylic acids is 2. The molecular formula is C23H19N5O4. The summed E-state index contributed by atoms with van der Waals surface area (Å²) >= 11 is 0. The fourth-order valence-corrected chi connectivity index (χ4v) is 6.03. The van der Waals surface area contributed by atoms with E-state index >= 15 is 0 Å². The molecule has 2 fully saturated rings. The number of aromatic nitrogens is 2.